The van der Waals surface area contributed by atoms with E-state index in [1.54, 1.807) is 22.7 Å². The standard InChI is InChI=1S/C17H25N5O3/c1-6-12(2)18-15(23)14-11-21(20-19-14)10-13-8-7-9-22(13)16(24)25-17(3,4)5/h1,11-13H,7-10H2,2-5H3,(H,18,23)/t12-,13+/m1/s1. The summed E-state index contributed by atoms with van der Waals surface area (Å²) >= 11 is 0. The van der Waals surface area contributed by atoms with Gasteiger partial charge in [0.2, 0.25) is 0 Å². The van der Waals surface area contributed by atoms with Gasteiger partial charge in [-0.15, -0.1) is 11.5 Å². The maximum atomic E-state index is 12.3. The van der Waals surface area contributed by atoms with Crippen LogP contribution in [-0.4, -0.2) is 56.1 Å². The molecule has 0 unspecified atom stereocenters. The van der Waals surface area contributed by atoms with Crippen molar-refractivity contribution in [3.05, 3.63) is 11.9 Å². The third-order valence-electron chi connectivity index (χ3n) is 3.77. The van der Waals surface area contributed by atoms with E-state index in [2.05, 4.69) is 21.5 Å². The van der Waals surface area contributed by atoms with Crippen LogP contribution < -0.4 is 5.32 Å². The second kappa shape index (κ2) is 7.55. The predicted octanol–water partition coefficient (Wildman–Crippen LogP) is 1.43. The average Bonchev–Trinajstić information content (AvgIpc) is 3.15. The number of aromatic nitrogens is 3. The fourth-order valence-electron chi connectivity index (χ4n) is 2.61. The van der Waals surface area contributed by atoms with Gasteiger partial charge in [0.1, 0.15) is 5.60 Å². The Kier molecular flexibility index (Phi) is 5.67. The predicted molar refractivity (Wildman–Crippen MR) is 91.7 cm³/mol. The van der Waals surface area contributed by atoms with Gasteiger partial charge in [-0.3, -0.25) is 4.79 Å². The highest BCUT2D eigenvalue weighted by atomic mass is 16.6. The number of ether oxygens (including phenoxy) is 1. The van der Waals surface area contributed by atoms with Gasteiger partial charge in [0.25, 0.3) is 5.91 Å². The Balaban J connectivity index is 1.98. The number of nitrogens with zero attached hydrogens (tertiary/aromatic N) is 4. The van der Waals surface area contributed by atoms with Crippen LogP contribution in [0.1, 0.15) is 51.0 Å². The third-order valence-corrected chi connectivity index (χ3v) is 3.77. The van der Waals surface area contributed by atoms with Crippen molar-refractivity contribution in [2.75, 3.05) is 6.54 Å². The van der Waals surface area contributed by atoms with Crippen LogP contribution in [0.3, 0.4) is 0 Å². The first-order chi connectivity index (χ1) is 11.7. The molecule has 1 fully saturated rings. The smallest absolute Gasteiger partial charge is 0.410 e. The van der Waals surface area contributed by atoms with Crippen LogP contribution in [0.2, 0.25) is 0 Å². The number of carbonyl (C=O) groups is 2. The number of hydrogen-bond acceptors (Lipinski definition) is 5. The lowest BCUT2D eigenvalue weighted by atomic mass is 10.2. The first-order valence-corrected chi connectivity index (χ1v) is 8.36. The number of hydrogen-bond donors (Lipinski definition) is 1. The molecular weight excluding hydrogens is 322 g/mol. The van der Waals surface area contributed by atoms with E-state index in [0.717, 1.165) is 12.8 Å². The van der Waals surface area contributed by atoms with Crippen molar-refractivity contribution in [1.29, 1.82) is 0 Å². The molecule has 0 aliphatic carbocycles. The lowest BCUT2D eigenvalue weighted by molar-refractivity contribution is 0.0211. The van der Waals surface area contributed by atoms with E-state index >= 15 is 0 Å². The summed E-state index contributed by atoms with van der Waals surface area (Å²) in [7, 11) is 0. The van der Waals surface area contributed by atoms with Gasteiger partial charge >= 0.3 is 6.09 Å². The summed E-state index contributed by atoms with van der Waals surface area (Å²) in [6.45, 7) is 8.35. The fourth-order valence-corrected chi connectivity index (χ4v) is 2.61. The van der Waals surface area contributed by atoms with Crippen molar-refractivity contribution in [3.8, 4) is 12.3 Å². The summed E-state index contributed by atoms with van der Waals surface area (Å²) in [4.78, 5) is 26.0. The van der Waals surface area contributed by atoms with Crippen LogP contribution in [0.25, 0.3) is 0 Å². The summed E-state index contributed by atoms with van der Waals surface area (Å²) in [6.07, 6.45) is 8.25. The Morgan fingerprint density at radius 1 is 1.52 bits per heavy atom. The molecule has 0 radical (unpaired) electrons. The van der Waals surface area contributed by atoms with Gasteiger partial charge in [0, 0.05) is 6.54 Å². The summed E-state index contributed by atoms with van der Waals surface area (Å²) < 4.78 is 7.02. The molecule has 2 amide bonds. The van der Waals surface area contributed by atoms with Gasteiger partial charge in [-0.05, 0) is 40.5 Å². The summed E-state index contributed by atoms with van der Waals surface area (Å²) in [5.74, 6) is 2.05. The van der Waals surface area contributed by atoms with Crippen molar-refractivity contribution in [1.82, 2.24) is 25.2 Å². The third kappa shape index (κ3) is 5.21. The van der Waals surface area contributed by atoms with E-state index in [1.165, 1.54) is 0 Å². The van der Waals surface area contributed by atoms with Crippen LogP contribution >= 0.6 is 0 Å². The number of carbonyl (C=O) groups excluding carboxylic acids is 2. The van der Waals surface area contributed by atoms with Gasteiger partial charge in [0.05, 0.1) is 24.8 Å². The maximum absolute atomic E-state index is 12.3. The molecule has 25 heavy (non-hydrogen) atoms. The minimum Gasteiger partial charge on any atom is -0.444 e. The highest BCUT2D eigenvalue weighted by molar-refractivity contribution is 5.92. The second-order valence-electron chi connectivity index (χ2n) is 7.16. The molecule has 1 aromatic rings. The molecule has 136 valence electrons. The van der Waals surface area contributed by atoms with Crippen LogP contribution in [0.15, 0.2) is 6.20 Å². The van der Waals surface area contributed by atoms with Crippen LogP contribution in [0.4, 0.5) is 4.79 Å². The topological polar surface area (TPSA) is 89.4 Å². The molecule has 1 saturated heterocycles. The van der Waals surface area contributed by atoms with Crippen molar-refractivity contribution < 1.29 is 14.3 Å². The highest BCUT2D eigenvalue weighted by Gasteiger charge is 2.32. The molecule has 0 spiro atoms. The fraction of sp³-hybridized carbons (Fsp3) is 0.647. The SMILES string of the molecule is C#C[C@@H](C)NC(=O)c1cn(C[C@@H]2CCCN2C(=O)OC(C)(C)C)nn1. The summed E-state index contributed by atoms with van der Waals surface area (Å²) in [5, 5.41) is 10.5. The Hall–Kier alpha value is -2.56. The van der Waals surface area contributed by atoms with Gasteiger partial charge < -0.3 is 15.0 Å². The summed E-state index contributed by atoms with van der Waals surface area (Å²) in [5.41, 5.74) is -0.333. The molecule has 0 bridgehead atoms. The number of terminal acetylenes is 1. The maximum Gasteiger partial charge on any atom is 0.410 e. The monoisotopic (exact) mass is 347 g/mol. The van der Waals surface area contributed by atoms with Gasteiger partial charge in [0.15, 0.2) is 5.69 Å². The van der Waals surface area contributed by atoms with Crippen molar-refractivity contribution >= 4 is 12.0 Å². The first-order valence-electron chi connectivity index (χ1n) is 8.36. The van der Waals surface area contributed by atoms with E-state index in [-0.39, 0.29) is 29.8 Å². The van der Waals surface area contributed by atoms with Crippen molar-refractivity contribution in [2.24, 2.45) is 0 Å². The zero-order valence-electron chi connectivity index (χ0n) is 15.2. The Labute approximate surface area is 147 Å². The number of likely N-dealkylation sites (tertiary alicyclic amines) is 1. The van der Waals surface area contributed by atoms with Crippen LogP contribution in [-0.2, 0) is 11.3 Å². The average molecular weight is 347 g/mol. The minimum atomic E-state index is -0.531. The van der Waals surface area contributed by atoms with Gasteiger partial charge in [-0.25, -0.2) is 9.48 Å². The van der Waals surface area contributed by atoms with E-state index in [0.29, 0.717) is 13.1 Å². The quantitative estimate of drug-likeness (QED) is 0.832. The van der Waals surface area contributed by atoms with Crippen molar-refractivity contribution in [3.63, 3.8) is 0 Å². The molecule has 2 atom stereocenters. The molecule has 2 heterocycles. The lowest BCUT2D eigenvalue weighted by Gasteiger charge is -2.28. The Morgan fingerprint density at radius 2 is 2.24 bits per heavy atom. The minimum absolute atomic E-state index is 0.0305. The molecular formula is C17H25N5O3. The number of nitrogens with one attached hydrogen (secondary N) is 1. The molecule has 1 aliphatic heterocycles. The number of amides is 2. The van der Waals surface area contributed by atoms with Gasteiger partial charge in [-0.1, -0.05) is 11.1 Å². The number of rotatable bonds is 4. The summed E-state index contributed by atoms with van der Waals surface area (Å²) in [6, 6.07) is -0.410. The van der Waals surface area contributed by atoms with Gasteiger partial charge in [-0.2, -0.15) is 0 Å². The molecule has 0 saturated carbocycles. The van der Waals surface area contributed by atoms with Crippen LogP contribution in [0.5, 0.6) is 0 Å². The second-order valence-corrected chi connectivity index (χ2v) is 7.16. The molecule has 1 N–H and O–H groups in total. The van der Waals surface area contributed by atoms with E-state index in [9.17, 15) is 9.59 Å². The lowest BCUT2D eigenvalue weighted by Crippen LogP contribution is -2.41. The molecule has 8 heteroatoms. The zero-order chi connectivity index (χ0) is 18.6. The molecule has 0 aromatic carbocycles. The Bertz CT molecular complexity index is 671. The first kappa shape index (κ1) is 18.8. The van der Waals surface area contributed by atoms with E-state index < -0.39 is 5.60 Å². The molecule has 2 rings (SSSR count). The van der Waals surface area contributed by atoms with Crippen molar-refractivity contribution in [2.45, 2.75) is 64.8 Å². The van der Waals surface area contributed by atoms with E-state index in [4.69, 9.17) is 11.2 Å². The normalized spacial score (nSPS) is 18.5. The largest absolute Gasteiger partial charge is 0.444 e. The Morgan fingerprint density at radius 3 is 2.88 bits per heavy atom. The molecule has 1 aliphatic rings. The molecule has 8 nitrogen and oxygen atoms in total. The molecule has 1 aromatic heterocycles. The zero-order valence-corrected chi connectivity index (χ0v) is 15.2. The van der Waals surface area contributed by atoms with E-state index in [1.807, 2.05) is 20.8 Å². The highest BCUT2D eigenvalue weighted by Crippen LogP contribution is 2.21. The van der Waals surface area contributed by atoms with Crippen LogP contribution in [0, 0.1) is 12.3 Å².